The fourth-order valence-electron chi connectivity index (χ4n) is 3.84. The van der Waals surface area contributed by atoms with Crippen LogP contribution in [-0.4, -0.2) is 45.1 Å². The highest BCUT2D eigenvalue weighted by Gasteiger charge is 2.23. The number of carbonyl (C=O) groups excluding carboxylic acids is 3. The van der Waals surface area contributed by atoms with Gasteiger partial charge in [0.25, 0.3) is 11.7 Å². The number of pyridine rings is 1. The molecule has 2 amide bonds. The Bertz CT molecular complexity index is 1070. The van der Waals surface area contributed by atoms with Crippen molar-refractivity contribution < 1.29 is 14.4 Å². The number of carbonyl (C=O) groups is 3. The second kappa shape index (κ2) is 8.90. The number of likely N-dealkylation sites (tertiary alicyclic amines) is 1. The van der Waals surface area contributed by atoms with E-state index in [0.717, 1.165) is 43.4 Å². The Morgan fingerprint density at radius 1 is 1.00 bits per heavy atom. The predicted octanol–water partition coefficient (Wildman–Crippen LogP) is 2.55. The van der Waals surface area contributed by atoms with E-state index in [1.165, 1.54) is 0 Å². The molecular weight excluding hydrogens is 380 g/mol. The van der Waals surface area contributed by atoms with Crippen LogP contribution in [0.5, 0.6) is 0 Å². The number of amides is 2. The smallest absolute Gasteiger partial charge is 0.292 e. The van der Waals surface area contributed by atoms with Crippen LogP contribution in [0.3, 0.4) is 0 Å². The number of hydrogen-bond donors (Lipinski definition) is 1. The van der Waals surface area contributed by atoms with Gasteiger partial charge in [-0.3, -0.25) is 19.4 Å². The summed E-state index contributed by atoms with van der Waals surface area (Å²) < 4.78 is 1.77. The molecule has 7 heteroatoms. The molecule has 1 saturated heterocycles. The van der Waals surface area contributed by atoms with E-state index in [1.54, 1.807) is 35.3 Å². The molecule has 1 aromatic carbocycles. The summed E-state index contributed by atoms with van der Waals surface area (Å²) in [6, 6.07) is 11.0. The lowest BCUT2D eigenvalue weighted by Crippen LogP contribution is -2.37. The number of para-hydroxylation sites is 1. The van der Waals surface area contributed by atoms with E-state index in [4.69, 9.17) is 0 Å². The third kappa shape index (κ3) is 4.25. The highest BCUT2D eigenvalue weighted by molar-refractivity contribution is 6.45. The van der Waals surface area contributed by atoms with Gasteiger partial charge in [0.15, 0.2) is 0 Å². The Kier molecular flexibility index (Phi) is 5.88. The summed E-state index contributed by atoms with van der Waals surface area (Å²) in [6.07, 6.45) is 8.12. The van der Waals surface area contributed by atoms with Gasteiger partial charge in [0.2, 0.25) is 5.91 Å². The average molecular weight is 404 g/mol. The number of benzene rings is 1. The van der Waals surface area contributed by atoms with Crippen molar-refractivity contribution in [2.75, 3.05) is 13.1 Å². The van der Waals surface area contributed by atoms with E-state index in [-0.39, 0.29) is 19.0 Å². The monoisotopic (exact) mass is 404 g/mol. The molecule has 0 aliphatic carbocycles. The fourth-order valence-corrected chi connectivity index (χ4v) is 3.84. The number of aromatic nitrogens is 2. The predicted molar refractivity (Wildman–Crippen MR) is 113 cm³/mol. The van der Waals surface area contributed by atoms with E-state index in [2.05, 4.69) is 10.3 Å². The molecule has 2 aromatic heterocycles. The number of nitrogens with zero attached hydrogens (tertiary/aromatic N) is 3. The Hall–Kier alpha value is -3.48. The Morgan fingerprint density at radius 2 is 1.80 bits per heavy atom. The molecule has 3 aromatic rings. The maximum Gasteiger partial charge on any atom is 0.292 e. The number of rotatable bonds is 6. The first-order chi connectivity index (χ1) is 14.6. The van der Waals surface area contributed by atoms with E-state index in [9.17, 15) is 14.4 Å². The van der Waals surface area contributed by atoms with Crippen LogP contribution in [0.2, 0.25) is 0 Å². The molecule has 3 heterocycles. The normalized spacial score (nSPS) is 13.9. The van der Waals surface area contributed by atoms with Gasteiger partial charge in [-0.15, -0.1) is 0 Å². The minimum Gasteiger partial charge on any atom is -0.345 e. The number of ketones is 1. The van der Waals surface area contributed by atoms with E-state index < -0.39 is 11.7 Å². The van der Waals surface area contributed by atoms with Gasteiger partial charge in [0.05, 0.1) is 5.56 Å². The van der Waals surface area contributed by atoms with Crippen molar-refractivity contribution >= 4 is 28.5 Å². The SMILES string of the molecule is O=C(NCc1cccnc1)C(=O)c1cn(CC(=O)N2CCCCC2)c2ccccc12. The zero-order valence-electron chi connectivity index (χ0n) is 16.7. The molecular formula is C23H24N4O3. The maximum atomic E-state index is 12.8. The van der Waals surface area contributed by atoms with Gasteiger partial charge in [-0.25, -0.2) is 0 Å². The van der Waals surface area contributed by atoms with E-state index in [1.807, 2.05) is 29.2 Å². The molecule has 0 spiro atoms. The highest BCUT2D eigenvalue weighted by Crippen LogP contribution is 2.22. The molecule has 1 aliphatic heterocycles. The molecule has 1 N–H and O–H groups in total. The lowest BCUT2D eigenvalue weighted by molar-refractivity contribution is -0.132. The van der Waals surface area contributed by atoms with Gasteiger partial charge in [0.1, 0.15) is 6.54 Å². The molecule has 0 unspecified atom stereocenters. The quantitative estimate of drug-likeness (QED) is 0.505. The lowest BCUT2D eigenvalue weighted by Gasteiger charge is -2.27. The van der Waals surface area contributed by atoms with Crippen molar-refractivity contribution in [1.29, 1.82) is 0 Å². The first kappa shape index (κ1) is 19.8. The summed E-state index contributed by atoms with van der Waals surface area (Å²) in [4.78, 5) is 43.9. The van der Waals surface area contributed by atoms with Gasteiger partial charge in [-0.1, -0.05) is 24.3 Å². The first-order valence-corrected chi connectivity index (χ1v) is 10.2. The van der Waals surface area contributed by atoms with E-state index >= 15 is 0 Å². The molecule has 0 atom stereocenters. The van der Waals surface area contributed by atoms with Gasteiger partial charge in [0, 0.05) is 49.1 Å². The van der Waals surface area contributed by atoms with Crippen LogP contribution in [0.25, 0.3) is 10.9 Å². The molecule has 0 radical (unpaired) electrons. The number of hydrogen-bond acceptors (Lipinski definition) is 4. The van der Waals surface area contributed by atoms with Crippen molar-refractivity contribution in [3.63, 3.8) is 0 Å². The van der Waals surface area contributed by atoms with Crippen LogP contribution in [0, 0.1) is 0 Å². The minimum atomic E-state index is -0.677. The van der Waals surface area contributed by atoms with Crippen molar-refractivity contribution in [3.8, 4) is 0 Å². The number of piperidine rings is 1. The standard InChI is InChI=1S/C23H24N4O3/c28-21(26-11-4-1-5-12-26)16-27-15-19(18-8-2-3-9-20(18)27)22(29)23(30)25-14-17-7-6-10-24-13-17/h2-3,6-10,13,15H,1,4-5,11-12,14,16H2,(H,25,30). The first-order valence-electron chi connectivity index (χ1n) is 10.2. The van der Waals surface area contributed by atoms with Crippen LogP contribution in [0.15, 0.2) is 55.0 Å². The summed E-state index contributed by atoms with van der Waals surface area (Å²) in [5.74, 6) is -1.25. The summed E-state index contributed by atoms with van der Waals surface area (Å²) in [5, 5.41) is 3.32. The Labute approximate surface area is 174 Å². The summed E-state index contributed by atoms with van der Waals surface area (Å²) >= 11 is 0. The van der Waals surface area contributed by atoms with E-state index in [0.29, 0.717) is 10.9 Å². The molecule has 154 valence electrons. The Balaban J connectivity index is 1.53. The zero-order valence-corrected chi connectivity index (χ0v) is 16.7. The van der Waals surface area contributed by atoms with Gasteiger partial charge in [-0.05, 0) is 37.0 Å². The topological polar surface area (TPSA) is 84.3 Å². The lowest BCUT2D eigenvalue weighted by atomic mass is 10.1. The molecule has 1 fully saturated rings. The second-order valence-electron chi connectivity index (χ2n) is 7.50. The zero-order chi connectivity index (χ0) is 20.9. The summed E-state index contributed by atoms with van der Waals surface area (Å²) in [5.41, 5.74) is 1.89. The third-order valence-electron chi connectivity index (χ3n) is 5.43. The van der Waals surface area contributed by atoms with Crippen molar-refractivity contribution in [2.45, 2.75) is 32.4 Å². The average Bonchev–Trinajstić information content (AvgIpc) is 3.16. The molecule has 7 nitrogen and oxygen atoms in total. The van der Waals surface area contributed by atoms with Gasteiger partial charge >= 0.3 is 0 Å². The largest absolute Gasteiger partial charge is 0.345 e. The minimum absolute atomic E-state index is 0.0375. The number of fused-ring (bicyclic) bond motifs is 1. The van der Waals surface area contributed by atoms with Crippen molar-refractivity contribution in [1.82, 2.24) is 19.8 Å². The molecule has 0 bridgehead atoms. The van der Waals surface area contributed by atoms with Crippen LogP contribution >= 0.6 is 0 Å². The maximum absolute atomic E-state index is 12.8. The highest BCUT2D eigenvalue weighted by atomic mass is 16.2. The van der Waals surface area contributed by atoms with Crippen LogP contribution in [0.1, 0.15) is 35.2 Å². The second-order valence-corrected chi connectivity index (χ2v) is 7.50. The Morgan fingerprint density at radius 3 is 2.57 bits per heavy atom. The van der Waals surface area contributed by atoms with Gasteiger partial charge in [-0.2, -0.15) is 0 Å². The molecule has 30 heavy (non-hydrogen) atoms. The van der Waals surface area contributed by atoms with Crippen LogP contribution < -0.4 is 5.32 Å². The molecule has 0 saturated carbocycles. The summed E-state index contributed by atoms with van der Waals surface area (Å²) in [6.45, 7) is 1.94. The van der Waals surface area contributed by atoms with Crippen molar-refractivity contribution in [3.05, 3.63) is 66.1 Å². The van der Waals surface area contributed by atoms with Crippen LogP contribution in [-0.2, 0) is 22.7 Å². The van der Waals surface area contributed by atoms with Crippen molar-refractivity contribution in [2.24, 2.45) is 0 Å². The third-order valence-corrected chi connectivity index (χ3v) is 5.43. The summed E-state index contributed by atoms with van der Waals surface area (Å²) in [7, 11) is 0. The fraction of sp³-hybridized carbons (Fsp3) is 0.304. The number of nitrogens with one attached hydrogen (secondary N) is 1. The molecule has 4 rings (SSSR count). The van der Waals surface area contributed by atoms with Gasteiger partial charge < -0.3 is 14.8 Å². The number of Topliss-reactive ketones (excluding diaryl/α,β-unsaturated/α-hetero) is 1. The van der Waals surface area contributed by atoms with Crippen LogP contribution in [0.4, 0.5) is 0 Å². The molecule has 1 aliphatic rings.